The van der Waals surface area contributed by atoms with Crippen LogP contribution in [-0.2, 0) is 12.0 Å². The average molecular weight is 286 g/mol. The topological polar surface area (TPSA) is 53.4 Å². The van der Waals surface area contributed by atoms with Gasteiger partial charge in [0.1, 0.15) is 0 Å². The van der Waals surface area contributed by atoms with E-state index in [4.69, 9.17) is 9.47 Å². The number of benzene rings is 1. The van der Waals surface area contributed by atoms with Crippen molar-refractivity contribution in [3.05, 3.63) is 40.4 Å². The van der Waals surface area contributed by atoms with Crippen molar-refractivity contribution in [3.63, 3.8) is 0 Å². The normalized spacial score (nSPS) is 15.0. The Kier molecular flexibility index (Phi) is 3.01. The lowest BCUT2D eigenvalue weighted by atomic mass is 9.85. The number of ether oxygens (including phenoxy) is 2. The molecule has 1 aliphatic heterocycles. The van der Waals surface area contributed by atoms with Crippen LogP contribution in [0.3, 0.4) is 0 Å². The molecule has 0 saturated carbocycles. The number of aromatic nitrogens is 2. The zero-order valence-electron chi connectivity index (χ0n) is 12.6. The largest absolute Gasteiger partial charge is 0.493 e. The van der Waals surface area contributed by atoms with Crippen LogP contribution < -0.4 is 15.0 Å². The van der Waals surface area contributed by atoms with Crippen LogP contribution in [0.25, 0.3) is 11.3 Å². The third-order valence-electron chi connectivity index (χ3n) is 3.98. The van der Waals surface area contributed by atoms with Crippen molar-refractivity contribution in [3.8, 4) is 22.8 Å². The standard InChI is InChI=1S/C16H18N2O3/c1-16(2)8-10-5-13(20-3)14(21-4)6-11(10)12-7-15(19)17-9-18(12)16/h5-7,9H,8H2,1-4H3. The van der Waals surface area contributed by atoms with E-state index in [0.29, 0.717) is 11.5 Å². The fraction of sp³-hybridized carbons (Fsp3) is 0.375. The van der Waals surface area contributed by atoms with E-state index in [-0.39, 0.29) is 11.1 Å². The maximum atomic E-state index is 11.7. The molecule has 3 rings (SSSR count). The Morgan fingerprint density at radius 2 is 1.81 bits per heavy atom. The lowest BCUT2D eigenvalue weighted by Crippen LogP contribution is -2.35. The minimum absolute atomic E-state index is 0.150. The van der Waals surface area contributed by atoms with E-state index in [1.807, 2.05) is 16.7 Å². The highest BCUT2D eigenvalue weighted by atomic mass is 16.5. The van der Waals surface area contributed by atoms with Gasteiger partial charge in [0.25, 0.3) is 5.56 Å². The molecule has 0 amide bonds. The van der Waals surface area contributed by atoms with Crippen LogP contribution in [0.4, 0.5) is 0 Å². The summed E-state index contributed by atoms with van der Waals surface area (Å²) in [5.74, 6) is 1.36. The second kappa shape index (κ2) is 4.62. The Bertz CT molecular complexity index is 763. The molecule has 0 saturated heterocycles. The van der Waals surface area contributed by atoms with Gasteiger partial charge in [0.2, 0.25) is 0 Å². The molecule has 2 aromatic rings. The van der Waals surface area contributed by atoms with Crippen molar-refractivity contribution in [2.45, 2.75) is 25.8 Å². The minimum atomic E-state index is -0.236. The van der Waals surface area contributed by atoms with Crippen LogP contribution in [-0.4, -0.2) is 23.8 Å². The molecule has 0 spiro atoms. The molecule has 0 radical (unpaired) electrons. The van der Waals surface area contributed by atoms with Gasteiger partial charge in [-0.3, -0.25) is 4.79 Å². The molecule has 5 nitrogen and oxygen atoms in total. The summed E-state index contributed by atoms with van der Waals surface area (Å²) < 4.78 is 12.8. The van der Waals surface area contributed by atoms with Gasteiger partial charge < -0.3 is 14.0 Å². The summed E-state index contributed by atoms with van der Waals surface area (Å²) in [6.45, 7) is 4.25. The molecule has 0 aliphatic carbocycles. The number of nitrogens with zero attached hydrogens (tertiary/aromatic N) is 2. The van der Waals surface area contributed by atoms with E-state index in [1.165, 1.54) is 0 Å². The summed E-state index contributed by atoms with van der Waals surface area (Å²) in [5, 5.41) is 0. The van der Waals surface area contributed by atoms with Gasteiger partial charge in [0.05, 0.1) is 26.2 Å². The molecule has 1 aromatic heterocycles. The summed E-state index contributed by atoms with van der Waals surface area (Å²) in [6.07, 6.45) is 2.46. The predicted molar refractivity (Wildman–Crippen MR) is 80.1 cm³/mol. The minimum Gasteiger partial charge on any atom is -0.493 e. The molecule has 0 N–H and O–H groups in total. The number of rotatable bonds is 2. The second-order valence-electron chi connectivity index (χ2n) is 5.84. The lowest BCUT2D eigenvalue weighted by molar-refractivity contribution is 0.335. The number of methoxy groups -OCH3 is 2. The molecule has 2 heterocycles. The Morgan fingerprint density at radius 1 is 1.14 bits per heavy atom. The summed E-state index contributed by atoms with van der Waals surface area (Å²) in [5.41, 5.74) is 2.61. The molecular weight excluding hydrogens is 268 g/mol. The SMILES string of the molecule is COc1cc2c(cc1OC)-c1cc(=O)ncn1C(C)(C)C2. The molecule has 1 aromatic carbocycles. The molecule has 1 aliphatic rings. The van der Waals surface area contributed by atoms with Gasteiger partial charge in [0.15, 0.2) is 11.5 Å². The van der Waals surface area contributed by atoms with Gasteiger partial charge in [-0.15, -0.1) is 0 Å². The Hall–Kier alpha value is -2.30. The van der Waals surface area contributed by atoms with E-state index < -0.39 is 0 Å². The van der Waals surface area contributed by atoms with E-state index in [2.05, 4.69) is 18.8 Å². The predicted octanol–water partition coefficient (Wildman–Crippen LogP) is 2.22. The van der Waals surface area contributed by atoms with Crippen LogP contribution in [0.2, 0.25) is 0 Å². The first-order valence-electron chi connectivity index (χ1n) is 6.81. The van der Waals surface area contributed by atoms with E-state index in [0.717, 1.165) is 23.2 Å². The monoisotopic (exact) mass is 286 g/mol. The van der Waals surface area contributed by atoms with Gasteiger partial charge in [0, 0.05) is 17.2 Å². The molecular formula is C16H18N2O3. The zero-order chi connectivity index (χ0) is 15.2. The van der Waals surface area contributed by atoms with Crippen molar-refractivity contribution in [2.24, 2.45) is 0 Å². The second-order valence-corrected chi connectivity index (χ2v) is 5.84. The van der Waals surface area contributed by atoms with Crippen molar-refractivity contribution in [2.75, 3.05) is 14.2 Å². The molecule has 0 unspecified atom stereocenters. The molecule has 0 atom stereocenters. The summed E-state index contributed by atoms with van der Waals surface area (Å²) in [7, 11) is 3.23. The van der Waals surface area contributed by atoms with Crippen LogP contribution in [0, 0.1) is 0 Å². The van der Waals surface area contributed by atoms with Crippen LogP contribution in [0.5, 0.6) is 11.5 Å². The van der Waals surface area contributed by atoms with Gasteiger partial charge in [-0.2, -0.15) is 4.98 Å². The third kappa shape index (κ3) is 2.09. The number of hydrogen-bond acceptors (Lipinski definition) is 4. The summed E-state index contributed by atoms with van der Waals surface area (Å²) in [6, 6.07) is 5.49. The number of fused-ring (bicyclic) bond motifs is 3. The molecule has 110 valence electrons. The first kappa shape index (κ1) is 13.7. The van der Waals surface area contributed by atoms with Crippen LogP contribution in [0.15, 0.2) is 29.3 Å². The third-order valence-corrected chi connectivity index (χ3v) is 3.98. The smallest absolute Gasteiger partial charge is 0.273 e. The van der Waals surface area contributed by atoms with E-state index >= 15 is 0 Å². The number of hydrogen-bond donors (Lipinski definition) is 0. The Morgan fingerprint density at radius 3 is 2.48 bits per heavy atom. The van der Waals surface area contributed by atoms with Crippen LogP contribution in [0.1, 0.15) is 19.4 Å². The zero-order valence-corrected chi connectivity index (χ0v) is 12.6. The fourth-order valence-corrected chi connectivity index (χ4v) is 2.95. The van der Waals surface area contributed by atoms with Crippen molar-refractivity contribution >= 4 is 0 Å². The highest BCUT2D eigenvalue weighted by Crippen LogP contribution is 2.42. The fourth-order valence-electron chi connectivity index (χ4n) is 2.95. The van der Waals surface area contributed by atoms with Crippen molar-refractivity contribution < 1.29 is 9.47 Å². The Labute approximate surface area is 123 Å². The maximum Gasteiger partial charge on any atom is 0.273 e. The average Bonchev–Trinajstić information content (AvgIpc) is 2.45. The van der Waals surface area contributed by atoms with Crippen LogP contribution >= 0.6 is 0 Å². The lowest BCUT2D eigenvalue weighted by Gasteiger charge is -2.36. The molecule has 5 heteroatoms. The van der Waals surface area contributed by atoms with Gasteiger partial charge in [-0.05, 0) is 38.0 Å². The van der Waals surface area contributed by atoms with Gasteiger partial charge >= 0.3 is 0 Å². The molecule has 21 heavy (non-hydrogen) atoms. The van der Waals surface area contributed by atoms with Crippen molar-refractivity contribution in [1.82, 2.24) is 9.55 Å². The maximum absolute atomic E-state index is 11.7. The Balaban J connectivity index is 2.32. The highest BCUT2D eigenvalue weighted by Gasteiger charge is 2.31. The summed E-state index contributed by atoms with van der Waals surface area (Å²) >= 11 is 0. The quantitative estimate of drug-likeness (QED) is 0.849. The first-order valence-corrected chi connectivity index (χ1v) is 6.81. The highest BCUT2D eigenvalue weighted by molar-refractivity contribution is 5.70. The van der Waals surface area contributed by atoms with E-state index in [1.54, 1.807) is 26.6 Å². The van der Waals surface area contributed by atoms with Crippen molar-refractivity contribution in [1.29, 1.82) is 0 Å². The van der Waals surface area contributed by atoms with Gasteiger partial charge in [-0.25, -0.2) is 0 Å². The molecule has 0 bridgehead atoms. The first-order chi connectivity index (χ1) is 9.96. The molecule has 0 fully saturated rings. The van der Waals surface area contributed by atoms with Gasteiger partial charge in [-0.1, -0.05) is 0 Å². The summed E-state index contributed by atoms with van der Waals surface area (Å²) in [4.78, 5) is 15.5. The van der Waals surface area contributed by atoms with E-state index in [9.17, 15) is 4.79 Å².